The highest BCUT2D eigenvalue weighted by Gasteiger charge is 2.13. The van der Waals surface area contributed by atoms with Gasteiger partial charge >= 0.3 is 0 Å². The second-order valence-electron chi connectivity index (χ2n) is 4.97. The van der Waals surface area contributed by atoms with Crippen LogP contribution in [0.1, 0.15) is 17.2 Å². The first-order valence-corrected chi connectivity index (χ1v) is 6.51. The zero-order valence-electron chi connectivity index (χ0n) is 11.5. The number of anilines is 1. The first-order chi connectivity index (χ1) is 9.56. The number of benzene rings is 2. The van der Waals surface area contributed by atoms with Gasteiger partial charge in [-0.3, -0.25) is 4.90 Å². The van der Waals surface area contributed by atoms with Gasteiger partial charge in [-0.05, 0) is 30.8 Å². The van der Waals surface area contributed by atoms with Gasteiger partial charge in [-0.2, -0.15) is 0 Å². The van der Waals surface area contributed by atoms with Gasteiger partial charge in [-0.25, -0.2) is 4.39 Å². The van der Waals surface area contributed by atoms with Gasteiger partial charge in [0, 0.05) is 24.3 Å². The van der Waals surface area contributed by atoms with Crippen molar-refractivity contribution in [3.8, 4) is 0 Å². The fourth-order valence-corrected chi connectivity index (χ4v) is 2.22. The highest BCUT2D eigenvalue weighted by atomic mass is 19.1. The molecule has 0 aliphatic heterocycles. The van der Waals surface area contributed by atoms with Crippen molar-refractivity contribution in [3.63, 3.8) is 0 Å². The normalized spacial score (nSPS) is 12.6. The molecular weight excluding hydrogens is 255 g/mol. The standard InChI is InChI=1S/C16H19FN2O/c1-19(10-12-5-4-6-13(17)9-12)11-16(20)14-7-2-3-8-15(14)18/h2-9,16,20H,10-11,18H2,1H3. The van der Waals surface area contributed by atoms with E-state index in [9.17, 15) is 9.50 Å². The molecule has 0 aromatic heterocycles. The number of aliphatic hydroxyl groups excluding tert-OH is 1. The van der Waals surface area contributed by atoms with E-state index in [0.29, 0.717) is 18.8 Å². The van der Waals surface area contributed by atoms with Crippen molar-refractivity contribution in [2.45, 2.75) is 12.6 Å². The topological polar surface area (TPSA) is 49.5 Å². The summed E-state index contributed by atoms with van der Waals surface area (Å²) in [5.74, 6) is -0.247. The molecule has 1 unspecified atom stereocenters. The largest absolute Gasteiger partial charge is 0.398 e. The van der Waals surface area contributed by atoms with E-state index >= 15 is 0 Å². The molecule has 0 aliphatic rings. The van der Waals surface area contributed by atoms with Gasteiger partial charge < -0.3 is 10.8 Å². The lowest BCUT2D eigenvalue weighted by molar-refractivity contribution is 0.124. The van der Waals surface area contributed by atoms with Crippen LogP contribution in [0.3, 0.4) is 0 Å². The fraction of sp³-hybridized carbons (Fsp3) is 0.250. The van der Waals surface area contributed by atoms with E-state index in [0.717, 1.165) is 11.1 Å². The molecule has 3 nitrogen and oxygen atoms in total. The molecule has 2 aromatic rings. The molecule has 0 saturated carbocycles. The molecule has 0 spiro atoms. The van der Waals surface area contributed by atoms with E-state index in [-0.39, 0.29) is 5.82 Å². The summed E-state index contributed by atoms with van der Waals surface area (Å²) in [7, 11) is 1.88. The predicted molar refractivity (Wildman–Crippen MR) is 78.5 cm³/mol. The molecule has 2 rings (SSSR count). The maximum absolute atomic E-state index is 13.1. The minimum absolute atomic E-state index is 0.247. The summed E-state index contributed by atoms with van der Waals surface area (Å²) in [6.07, 6.45) is -0.658. The number of nitrogens with two attached hydrogens (primary N) is 1. The van der Waals surface area contributed by atoms with Crippen molar-refractivity contribution in [1.29, 1.82) is 0 Å². The van der Waals surface area contributed by atoms with Gasteiger partial charge in [-0.15, -0.1) is 0 Å². The molecule has 1 atom stereocenters. The number of aliphatic hydroxyl groups is 1. The Hall–Kier alpha value is -1.91. The van der Waals surface area contributed by atoms with E-state index in [1.54, 1.807) is 12.1 Å². The predicted octanol–water partition coefficient (Wildman–Crippen LogP) is 2.57. The Morgan fingerprint density at radius 1 is 1.20 bits per heavy atom. The average Bonchev–Trinajstić information content (AvgIpc) is 2.38. The van der Waals surface area contributed by atoms with Crippen LogP contribution in [-0.2, 0) is 6.54 Å². The van der Waals surface area contributed by atoms with E-state index < -0.39 is 6.10 Å². The van der Waals surface area contributed by atoms with Crippen molar-refractivity contribution >= 4 is 5.69 Å². The first-order valence-electron chi connectivity index (χ1n) is 6.51. The number of hydrogen-bond donors (Lipinski definition) is 2. The second kappa shape index (κ2) is 6.50. The molecule has 4 heteroatoms. The summed E-state index contributed by atoms with van der Waals surface area (Å²) in [4.78, 5) is 1.94. The SMILES string of the molecule is CN(Cc1cccc(F)c1)CC(O)c1ccccc1N. The summed E-state index contributed by atoms with van der Waals surface area (Å²) >= 11 is 0. The van der Waals surface area contributed by atoms with Crippen LogP contribution in [0.4, 0.5) is 10.1 Å². The Balaban J connectivity index is 1.98. The van der Waals surface area contributed by atoms with Crippen molar-refractivity contribution < 1.29 is 9.50 Å². The van der Waals surface area contributed by atoms with Gasteiger partial charge in [0.15, 0.2) is 0 Å². The Labute approximate surface area is 118 Å². The number of rotatable bonds is 5. The third kappa shape index (κ3) is 3.79. The molecule has 0 amide bonds. The molecule has 2 aromatic carbocycles. The lowest BCUT2D eigenvalue weighted by atomic mass is 10.1. The number of halogens is 1. The maximum atomic E-state index is 13.1. The molecule has 0 bridgehead atoms. The molecule has 0 aliphatic carbocycles. The van der Waals surface area contributed by atoms with Gasteiger partial charge in [0.2, 0.25) is 0 Å². The maximum Gasteiger partial charge on any atom is 0.123 e. The summed E-state index contributed by atoms with van der Waals surface area (Å²) in [5, 5.41) is 10.2. The van der Waals surface area contributed by atoms with Crippen LogP contribution in [0.2, 0.25) is 0 Å². The van der Waals surface area contributed by atoms with Crippen LogP contribution in [0.25, 0.3) is 0 Å². The highest BCUT2D eigenvalue weighted by molar-refractivity contribution is 5.47. The molecule has 3 N–H and O–H groups in total. The fourth-order valence-electron chi connectivity index (χ4n) is 2.22. The van der Waals surface area contributed by atoms with Crippen LogP contribution < -0.4 is 5.73 Å². The molecule has 20 heavy (non-hydrogen) atoms. The Morgan fingerprint density at radius 2 is 1.95 bits per heavy atom. The van der Waals surface area contributed by atoms with Crippen LogP contribution in [0.15, 0.2) is 48.5 Å². The van der Waals surface area contributed by atoms with Crippen molar-refractivity contribution in [2.75, 3.05) is 19.3 Å². The quantitative estimate of drug-likeness (QED) is 0.824. The van der Waals surface area contributed by atoms with Crippen LogP contribution in [0, 0.1) is 5.82 Å². The third-order valence-electron chi connectivity index (χ3n) is 3.18. The van der Waals surface area contributed by atoms with E-state index in [1.165, 1.54) is 12.1 Å². The Bertz CT molecular complexity index is 574. The Kier molecular flexibility index (Phi) is 4.71. The molecule has 106 valence electrons. The van der Waals surface area contributed by atoms with Crippen LogP contribution in [0.5, 0.6) is 0 Å². The molecule has 0 radical (unpaired) electrons. The van der Waals surface area contributed by atoms with E-state index in [2.05, 4.69) is 0 Å². The number of likely N-dealkylation sites (N-methyl/N-ethyl adjacent to an activating group) is 1. The first kappa shape index (κ1) is 14.5. The Morgan fingerprint density at radius 3 is 2.65 bits per heavy atom. The van der Waals surface area contributed by atoms with Gasteiger partial charge in [0.05, 0.1) is 6.10 Å². The van der Waals surface area contributed by atoms with Crippen molar-refractivity contribution in [1.82, 2.24) is 4.90 Å². The third-order valence-corrected chi connectivity index (χ3v) is 3.18. The van der Waals surface area contributed by atoms with Crippen molar-refractivity contribution in [2.24, 2.45) is 0 Å². The highest BCUT2D eigenvalue weighted by Crippen LogP contribution is 2.21. The number of para-hydroxylation sites is 1. The minimum atomic E-state index is -0.658. The smallest absolute Gasteiger partial charge is 0.123 e. The summed E-state index contributed by atoms with van der Waals surface area (Å²) in [6, 6.07) is 13.7. The van der Waals surface area contributed by atoms with Crippen molar-refractivity contribution in [3.05, 3.63) is 65.5 Å². The zero-order valence-corrected chi connectivity index (χ0v) is 11.5. The van der Waals surface area contributed by atoms with Gasteiger partial charge in [-0.1, -0.05) is 30.3 Å². The summed E-state index contributed by atoms with van der Waals surface area (Å²) in [6.45, 7) is 1.01. The number of hydrogen-bond acceptors (Lipinski definition) is 3. The average molecular weight is 274 g/mol. The lowest BCUT2D eigenvalue weighted by Gasteiger charge is -2.21. The molecule has 0 saturated heterocycles. The van der Waals surface area contributed by atoms with E-state index in [1.807, 2.05) is 36.2 Å². The number of nitrogens with zero attached hydrogens (tertiary/aromatic N) is 1. The zero-order chi connectivity index (χ0) is 14.5. The van der Waals surface area contributed by atoms with Gasteiger partial charge in [0.1, 0.15) is 5.82 Å². The van der Waals surface area contributed by atoms with Gasteiger partial charge in [0.25, 0.3) is 0 Å². The van der Waals surface area contributed by atoms with E-state index in [4.69, 9.17) is 5.73 Å². The van der Waals surface area contributed by atoms with Crippen LogP contribution >= 0.6 is 0 Å². The molecule has 0 heterocycles. The molecular formula is C16H19FN2O. The number of nitrogen functional groups attached to an aromatic ring is 1. The summed E-state index contributed by atoms with van der Waals surface area (Å²) in [5.41, 5.74) is 8.02. The summed E-state index contributed by atoms with van der Waals surface area (Å²) < 4.78 is 13.1. The monoisotopic (exact) mass is 274 g/mol. The van der Waals surface area contributed by atoms with Crippen LogP contribution in [-0.4, -0.2) is 23.6 Å². The molecule has 0 fully saturated rings. The minimum Gasteiger partial charge on any atom is -0.398 e. The lowest BCUT2D eigenvalue weighted by Crippen LogP contribution is -2.24. The second-order valence-corrected chi connectivity index (χ2v) is 4.97.